The predicted octanol–water partition coefficient (Wildman–Crippen LogP) is 7.32. The van der Waals surface area contributed by atoms with Crippen molar-refractivity contribution in [2.24, 2.45) is 11.8 Å². The number of phosphoric acid groups is 2. The Morgan fingerprint density at radius 3 is 1.86 bits per heavy atom. The molecule has 410 valence electrons. The Bertz CT molecular complexity index is 1560. The molecule has 2 rings (SSSR count). The van der Waals surface area contributed by atoms with Crippen LogP contribution in [0.2, 0.25) is 0 Å². The van der Waals surface area contributed by atoms with Gasteiger partial charge in [0.2, 0.25) is 0 Å². The molecule has 1 aliphatic carbocycles. The third-order valence-electron chi connectivity index (χ3n) is 13.2. The van der Waals surface area contributed by atoms with Gasteiger partial charge >= 0.3 is 27.6 Å². The molecular formula is C49H90O19P2. The fraction of sp³-hybridized carbons (Fsp3) is 0.898. The summed E-state index contributed by atoms with van der Waals surface area (Å²) in [6.07, 6.45) is 5.27. The summed E-state index contributed by atoms with van der Waals surface area (Å²) in [5.41, 5.74) is 0. The third-order valence-corrected chi connectivity index (χ3v) is 14.7. The number of esters is 2. The first-order valence-corrected chi connectivity index (χ1v) is 29.4. The summed E-state index contributed by atoms with van der Waals surface area (Å²) in [5, 5.41) is 68.4. The van der Waals surface area contributed by atoms with Gasteiger partial charge in [-0.15, -0.1) is 0 Å². The van der Waals surface area contributed by atoms with E-state index in [2.05, 4.69) is 6.92 Å². The summed E-state index contributed by atoms with van der Waals surface area (Å²) in [7, 11) is -11.5. The van der Waals surface area contributed by atoms with Crippen molar-refractivity contribution in [2.45, 2.75) is 255 Å². The molecule has 1 unspecified atom stereocenters. The second-order valence-corrected chi connectivity index (χ2v) is 22.0. The molecule has 0 aromatic rings. The molecular weight excluding hydrogens is 954 g/mol. The molecule has 70 heavy (non-hydrogen) atoms. The summed E-state index contributed by atoms with van der Waals surface area (Å²) in [6, 6.07) is 0. The van der Waals surface area contributed by atoms with E-state index in [1.165, 1.54) is 76.7 Å². The summed E-state index contributed by atoms with van der Waals surface area (Å²) in [6.45, 7) is 2.60. The number of fused-ring (bicyclic) bond motifs is 4. The second-order valence-electron chi connectivity index (χ2n) is 19.4. The number of unbranched alkanes of at least 4 members (excludes halogenated alkanes) is 18. The average Bonchev–Trinajstić information content (AvgIpc) is 3.30. The number of cyclic esters (lactones) is 1. The van der Waals surface area contributed by atoms with Crippen LogP contribution in [0.5, 0.6) is 0 Å². The molecule has 9 N–H and O–H groups in total. The predicted molar refractivity (Wildman–Crippen MR) is 261 cm³/mol. The average molecular weight is 1050 g/mol. The van der Waals surface area contributed by atoms with Crippen molar-refractivity contribution in [3.63, 3.8) is 0 Å². The Morgan fingerprint density at radius 1 is 0.743 bits per heavy atom. The number of phosphoric ester groups is 2. The number of carbonyl (C=O) groups excluding carboxylic acids is 3. The van der Waals surface area contributed by atoms with E-state index < -0.39 is 120 Å². The van der Waals surface area contributed by atoms with Crippen LogP contribution in [0.3, 0.4) is 0 Å². The van der Waals surface area contributed by atoms with Crippen molar-refractivity contribution >= 4 is 33.4 Å². The minimum absolute atomic E-state index is 0.0230. The highest BCUT2D eigenvalue weighted by molar-refractivity contribution is 7.47. The largest absolute Gasteiger partial charge is 0.472 e. The molecule has 0 amide bonds. The van der Waals surface area contributed by atoms with Crippen molar-refractivity contribution < 1.29 is 91.9 Å². The van der Waals surface area contributed by atoms with Crippen LogP contribution >= 0.6 is 15.6 Å². The normalized spacial score (nSPS) is 30.0. The van der Waals surface area contributed by atoms with Crippen LogP contribution in [0.1, 0.15) is 200 Å². The van der Waals surface area contributed by atoms with E-state index in [9.17, 15) is 68.8 Å². The number of hydrogen-bond donors (Lipinski definition) is 9. The lowest BCUT2D eigenvalue weighted by Gasteiger charge is -2.38. The van der Waals surface area contributed by atoms with Crippen LogP contribution in [0.4, 0.5) is 0 Å². The van der Waals surface area contributed by atoms with Crippen LogP contribution in [0, 0.1) is 11.8 Å². The Morgan fingerprint density at radius 2 is 1.29 bits per heavy atom. The molecule has 2 aliphatic rings. The second kappa shape index (κ2) is 36.3. The van der Waals surface area contributed by atoms with Crippen molar-refractivity contribution in [3.05, 3.63) is 12.2 Å². The SMILES string of the molecule is CCCCCCCCCCCCCCCCCCCC(=O)O[C@@H]1COC(=O)CCCCCC[C@H]2C(=O)C[C@@H](O)[C@H](C=C[C@@H](O)CCCCC)[C@@H](O)[C@@H](OP(=O)(O)O)[C@@H](OP(=O)(O)OC1)[C@H](O)[C@@H](O)[C@@H]2O. The number of aliphatic hydroxyl groups excluding tert-OH is 6. The molecule has 0 spiro atoms. The van der Waals surface area contributed by atoms with E-state index in [0.717, 1.165) is 51.0 Å². The Hall–Kier alpha value is -1.67. The van der Waals surface area contributed by atoms with Crippen LogP contribution in [-0.4, -0.2) is 131 Å². The fourth-order valence-electron chi connectivity index (χ4n) is 9.05. The lowest BCUT2D eigenvalue weighted by atomic mass is 9.83. The topological polar surface area (TPSA) is 314 Å². The molecule has 2 fully saturated rings. The van der Waals surface area contributed by atoms with Crippen LogP contribution in [-0.2, 0) is 46.6 Å². The van der Waals surface area contributed by atoms with Crippen molar-refractivity contribution in [1.82, 2.24) is 0 Å². The standard InChI is InChI=1S/C49H90O19P2/c1-3-5-7-8-9-10-11-12-13-14-15-16-17-18-19-20-26-30-43(54)66-37-34-64-42(53)29-25-22-21-24-28-38-40(51)33-41(52)39(32-31-36(50)27-23-6-4-2)45(56)48(67-69(59,60)61)49(47(58)46(57)44(38)55)68-70(62,63)65-35-37/h31-32,36-39,41,44-50,52,55-58H,3-30,33-35H2,1-2H3,(H,62,63)(H2,59,60,61)/t36-,37+,38-,39-,41+,44+,45+,46-,47+,48+,49-/m0/s1. The van der Waals surface area contributed by atoms with Gasteiger partial charge in [-0.2, -0.15) is 0 Å². The van der Waals surface area contributed by atoms with Gasteiger partial charge in [-0.05, 0) is 25.7 Å². The van der Waals surface area contributed by atoms with E-state index in [1.807, 2.05) is 6.92 Å². The maximum atomic E-state index is 13.8. The number of carbonyl (C=O) groups is 3. The molecule has 0 radical (unpaired) electrons. The first-order chi connectivity index (χ1) is 33.3. The van der Waals surface area contributed by atoms with Gasteiger partial charge in [0.05, 0.1) is 31.0 Å². The number of aliphatic hydroxyl groups is 6. The molecule has 1 heterocycles. The summed E-state index contributed by atoms with van der Waals surface area (Å²) in [5.74, 6) is -5.47. The number of ether oxygens (including phenoxy) is 2. The van der Waals surface area contributed by atoms with Crippen LogP contribution < -0.4 is 0 Å². The molecule has 21 heteroatoms. The molecule has 1 saturated carbocycles. The zero-order chi connectivity index (χ0) is 52.0. The third kappa shape index (κ3) is 27.6. The lowest BCUT2D eigenvalue weighted by molar-refractivity contribution is -0.165. The monoisotopic (exact) mass is 1040 g/mol. The Balaban J connectivity index is 2.26. The van der Waals surface area contributed by atoms with Gasteiger partial charge in [-0.25, -0.2) is 9.13 Å². The van der Waals surface area contributed by atoms with Gasteiger partial charge in [-0.1, -0.05) is 167 Å². The molecule has 0 aromatic heterocycles. The Kier molecular flexibility index (Phi) is 33.4. The van der Waals surface area contributed by atoms with Crippen LogP contribution in [0.15, 0.2) is 12.2 Å². The van der Waals surface area contributed by atoms with Gasteiger partial charge < -0.3 is 54.8 Å². The smallest absolute Gasteiger partial charge is 0.462 e. The van der Waals surface area contributed by atoms with Crippen molar-refractivity contribution in [1.29, 1.82) is 0 Å². The maximum absolute atomic E-state index is 13.8. The van der Waals surface area contributed by atoms with Gasteiger partial charge in [0.25, 0.3) is 0 Å². The molecule has 19 nitrogen and oxygen atoms in total. The maximum Gasteiger partial charge on any atom is 0.472 e. The van der Waals surface area contributed by atoms with Crippen molar-refractivity contribution in [3.8, 4) is 0 Å². The number of Topliss-reactive ketones (excluding diaryl/α,β-unsaturated/α-hetero) is 1. The van der Waals surface area contributed by atoms with E-state index in [4.69, 9.17) is 23.0 Å². The molecule has 1 aliphatic heterocycles. The lowest BCUT2D eigenvalue weighted by Crippen LogP contribution is -2.56. The van der Waals surface area contributed by atoms with Gasteiger partial charge in [0, 0.05) is 31.1 Å². The summed E-state index contributed by atoms with van der Waals surface area (Å²) in [4.78, 5) is 70.6. The van der Waals surface area contributed by atoms with E-state index in [-0.39, 0.29) is 32.1 Å². The van der Waals surface area contributed by atoms with E-state index >= 15 is 0 Å². The van der Waals surface area contributed by atoms with Crippen molar-refractivity contribution in [2.75, 3.05) is 13.2 Å². The molecule has 2 bridgehead atoms. The highest BCUT2D eigenvalue weighted by Crippen LogP contribution is 2.49. The zero-order valence-electron chi connectivity index (χ0n) is 41.9. The number of rotatable bonds is 27. The molecule has 0 aromatic carbocycles. The minimum atomic E-state index is -5.78. The summed E-state index contributed by atoms with van der Waals surface area (Å²) < 4.78 is 52.3. The fourth-order valence-corrected chi connectivity index (χ4v) is 10.6. The first kappa shape index (κ1) is 64.4. The van der Waals surface area contributed by atoms with E-state index in [0.29, 0.717) is 32.1 Å². The Labute approximate surface area is 416 Å². The number of ketones is 1. The highest BCUT2D eigenvalue weighted by Gasteiger charge is 2.51. The van der Waals surface area contributed by atoms with Gasteiger partial charge in [-0.3, -0.25) is 28.0 Å². The first-order valence-electron chi connectivity index (χ1n) is 26.3. The highest BCUT2D eigenvalue weighted by atomic mass is 31.2. The zero-order valence-corrected chi connectivity index (χ0v) is 43.7. The quantitative estimate of drug-likeness (QED) is 0.0168. The van der Waals surface area contributed by atoms with Gasteiger partial charge in [0.1, 0.15) is 36.8 Å². The number of hydrogen-bond acceptors (Lipinski definition) is 16. The molecule has 12 atom stereocenters. The van der Waals surface area contributed by atoms with Crippen LogP contribution in [0.25, 0.3) is 0 Å². The summed E-state index contributed by atoms with van der Waals surface area (Å²) >= 11 is 0. The minimum Gasteiger partial charge on any atom is -0.462 e. The molecule has 1 saturated heterocycles. The van der Waals surface area contributed by atoms with E-state index in [1.54, 1.807) is 0 Å². The van der Waals surface area contributed by atoms with Gasteiger partial charge in [0.15, 0.2) is 6.10 Å².